The van der Waals surface area contributed by atoms with Crippen LogP contribution in [-0.4, -0.2) is 49.1 Å². The summed E-state index contributed by atoms with van der Waals surface area (Å²) in [6.45, 7) is 6.50. The van der Waals surface area contributed by atoms with Gasteiger partial charge in [0.05, 0.1) is 0 Å². The first-order valence-corrected chi connectivity index (χ1v) is 9.03. The summed E-state index contributed by atoms with van der Waals surface area (Å²) in [5.41, 5.74) is 0. The maximum absolute atomic E-state index is 12.1. The lowest BCUT2D eigenvalue weighted by Gasteiger charge is -2.34. The van der Waals surface area contributed by atoms with Gasteiger partial charge >= 0.3 is 0 Å². The van der Waals surface area contributed by atoms with Crippen LogP contribution in [0.25, 0.3) is 0 Å². The maximum atomic E-state index is 12.1. The number of carbonyl (C=O) groups is 1. The van der Waals surface area contributed by atoms with Crippen molar-refractivity contribution in [1.29, 1.82) is 0 Å². The van der Waals surface area contributed by atoms with Crippen molar-refractivity contribution in [3.63, 3.8) is 0 Å². The van der Waals surface area contributed by atoms with Crippen LogP contribution in [0, 0.1) is 0 Å². The molecule has 2 rings (SSSR count). The van der Waals surface area contributed by atoms with Gasteiger partial charge in [-0.3, -0.25) is 9.69 Å². The number of hydrogen-bond acceptors (Lipinski definition) is 3. The molecule has 2 aliphatic rings. The Morgan fingerprint density at radius 3 is 2.62 bits per heavy atom. The number of nitrogens with zero attached hydrogens (tertiary/aromatic N) is 1. The van der Waals surface area contributed by atoms with Crippen molar-refractivity contribution in [2.75, 3.05) is 26.2 Å². The summed E-state index contributed by atoms with van der Waals surface area (Å²) in [5, 5.41) is 6.72. The minimum atomic E-state index is 0.256. The lowest BCUT2D eigenvalue weighted by Crippen LogP contribution is -2.47. The molecule has 1 saturated heterocycles. The summed E-state index contributed by atoms with van der Waals surface area (Å²) in [6, 6.07) is 1.07. The smallest absolute Gasteiger partial charge is 0.221 e. The lowest BCUT2D eigenvalue weighted by atomic mass is 9.95. The monoisotopic (exact) mass is 295 g/mol. The van der Waals surface area contributed by atoms with Gasteiger partial charge < -0.3 is 10.6 Å². The van der Waals surface area contributed by atoms with Crippen molar-refractivity contribution in [2.45, 2.75) is 76.8 Å². The second-order valence-electron chi connectivity index (χ2n) is 6.69. The average Bonchev–Trinajstić information content (AvgIpc) is 2.53. The van der Waals surface area contributed by atoms with Crippen LogP contribution >= 0.6 is 0 Å². The maximum Gasteiger partial charge on any atom is 0.221 e. The standard InChI is InChI=1S/C17H33N3O/c1-2-12-20(16-9-6-11-18-14-16)13-10-17(21)19-15-7-4-3-5-8-15/h15-16,18H,2-14H2,1H3,(H,19,21). The van der Waals surface area contributed by atoms with Crippen LogP contribution < -0.4 is 10.6 Å². The predicted octanol–water partition coefficient (Wildman–Crippen LogP) is 2.29. The highest BCUT2D eigenvalue weighted by molar-refractivity contribution is 5.76. The van der Waals surface area contributed by atoms with Gasteiger partial charge in [-0.2, -0.15) is 0 Å². The Kier molecular flexibility index (Phi) is 7.51. The number of hydrogen-bond donors (Lipinski definition) is 2. The van der Waals surface area contributed by atoms with Crippen LogP contribution in [0.1, 0.15) is 64.7 Å². The van der Waals surface area contributed by atoms with E-state index in [1.165, 1.54) is 51.4 Å². The van der Waals surface area contributed by atoms with Gasteiger partial charge in [0.25, 0.3) is 0 Å². The minimum Gasteiger partial charge on any atom is -0.353 e. The van der Waals surface area contributed by atoms with E-state index >= 15 is 0 Å². The third kappa shape index (κ3) is 5.95. The molecule has 0 aromatic rings. The van der Waals surface area contributed by atoms with E-state index in [0.29, 0.717) is 18.5 Å². The van der Waals surface area contributed by atoms with Crippen molar-refractivity contribution in [2.24, 2.45) is 0 Å². The molecule has 21 heavy (non-hydrogen) atoms. The van der Waals surface area contributed by atoms with E-state index in [2.05, 4.69) is 22.5 Å². The fourth-order valence-corrected chi connectivity index (χ4v) is 3.70. The molecule has 1 saturated carbocycles. The van der Waals surface area contributed by atoms with Crippen LogP contribution in [0.15, 0.2) is 0 Å². The van der Waals surface area contributed by atoms with Crippen molar-refractivity contribution in [3.05, 3.63) is 0 Å². The second kappa shape index (κ2) is 9.42. The molecule has 4 heteroatoms. The Bertz CT molecular complexity index is 296. The first-order chi connectivity index (χ1) is 10.3. The van der Waals surface area contributed by atoms with Gasteiger partial charge in [-0.25, -0.2) is 0 Å². The van der Waals surface area contributed by atoms with E-state index < -0.39 is 0 Å². The molecule has 1 heterocycles. The van der Waals surface area contributed by atoms with E-state index in [0.717, 1.165) is 26.2 Å². The first kappa shape index (κ1) is 16.8. The van der Waals surface area contributed by atoms with Crippen LogP contribution in [0.4, 0.5) is 0 Å². The van der Waals surface area contributed by atoms with Gasteiger partial charge in [-0.1, -0.05) is 26.2 Å². The molecule has 0 bridgehead atoms. The summed E-state index contributed by atoms with van der Waals surface area (Å²) >= 11 is 0. The zero-order valence-electron chi connectivity index (χ0n) is 13.7. The van der Waals surface area contributed by atoms with Gasteiger partial charge in [-0.15, -0.1) is 0 Å². The molecule has 2 fully saturated rings. The molecule has 0 aromatic carbocycles. The molecule has 0 spiro atoms. The first-order valence-electron chi connectivity index (χ1n) is 9.03. The Morgan fingerprint density at radius 2 is 1.95 bits per heavy atom. The normalized spacial score (nSPS) is 24.2. The van der Waals surface area contributed by atoms with Crippen LogP contribution in [-0.2, 0) is 4.79 Å². The molecule has 4 nitrogen and oxygen atoms in total. The number of nitrogens with one attached hydrogen (secondary N) is 2. The number of carbonyl (C=O) groups excluding carboxylic acids is 1. The summed E-state index contributed by atoms with van der Waals surface area (Å²) in [4.78, 5) is 14.7. The van der Waals surface area contributed by atoms with Gasteiger partial charge in [0, 0.05) is 31.6 Å². The number of rotatable bonds is 7. The molecular weight excluding hydrogens is 262 g/mol. The Morgan fingerprint density at radius 1 is 1.14 bits per heavy atom. The van der Waals surface area contributed by atoms with Crippen LogP contribution in [0.2, 0.25) is 0 Å². The molecule has 0 radical (unpaired) electrons. The fourth-order valence-electron chi connectivity index (χ4n) is 3.70. The van der Waals surface area contributed by atoms with Crippen LogP contribution in [0.5, 0.6) is 0 Å². The van der Waals surface area contributed by atoms with E-state index in [9.17, 15) is 4.79 Å². The highest BCUT2D eigenvalue weighted by Gasteiger charge is 2.21. The van der Waals surface area contributed by atoms with Crippen LogP contribution in [0.3, 0.4) is 0 Å². The molecule has 2 N–H and O–H groups in total. The number of amides is 1. The third-order valence-corrected chi connectivity index (χ3v) is 4.89. The second-order valence-corrected chi connectivity index (χ2v) is 6.69. The van der Waals surface area contributed by atoms with Crippen molar-refractivity contribution in [1.82, 2.24) is 15.5 Å². The Labute approximate surface area is 130 Å². The third-order valence-electron chi connectivity index (χ3n) is 4.89. The summed E-state index contributed by atoms with van der Waals surface area (Å²) in [5.74, 6) is 0.256. The van der Waals surface area contributed by atoms with Gasteiger partial charge in [0.2, 0.25) is 5.91 Å². The molecule has 1 amide bonds. The molecule has 0 aromatic heterocycles. The zero-order valence-corrected chi connectivity index (χ0v) is 13.7. The summed E-state index contributed by atoms with van der Waals surface area (Å²) in [6.07, 6.45) is 10.6. The Hall–Kier alpha value is -0.610. The van der Waals surface area contributed by atoms with E-state index in [-0.39, 0.29) is 5.91 Å². The largest absolute Gasteiger partial charge is 0.353 e. The molecule has 1 aliphatic carbocycles. The number of piperidine rings is 1. The Balaban J connectivity index is 1.70. The van der Waals surface area contributed by atoms with E-state index in [1.807, 2.05) is 0 Å². The quantitative estimate of drug-likeness (QED) is 0.757. The van der Waals surface area contributed by atoms with Crippen molar-refractivity contribution >= 4 is 5.91 Å². The van der Waals surface area contributed by atoms with Crippen molar-refractivity contribution < 1.29 is 4.79 Å². The lowest BCUT2D eigenvalue weighted by molar-refractivity contribution is -0.122. The van der Waals surface area contributed by atoms with E-state index in [1.54, 1.807) is 0 Å². The molecule has 1 aliphatic heterocycles. The van der Waals surface area contributed by atoms with Gasteiger partial charge in [0.1, 0.15) is 0 Å². The predicted molar refractivity (Wildman–Crippen MR) is 87.4 cm³/mol. The van der Waals surface area contributed by atoms with Gasteiger partial charge in [-0.05, 0) is 45.2 Å². The molecular formula is C17H33N3O. The van der Waals surface area contributed by atoms with Gasteiger partial charge in [0.15, 0.2) is 0 Å². The minimum absolute atomic E-state index is 0.256. The SMILES string of the molecule is CCCN(CCC(=O)NC1CCCCC1)C1CCCNC1. The molecule has 1 atom stereocenters. The zero-order chi connectivity index (χ0) is 14.9. The highest BCUT2D eigenvalue weighted by atomic mass is 16.1. The fraction of sp³-hybridized carbons (Fsp3) is 0.941. The molecule has 122 valence electrons. The summed E-state index contributed by atoms with van der Waals surface area (Å²) < 4.78 is 0. The highest BCUT2D eigenvalue weighted by Crippen LogP contribution is 2.17. The average molecular weight is 295 g/mol. The van der Waals surface area contributed by atoms with E-state index in [4.69, 9.17) is 0 Å². The molecule has 1 unspecified atom stereocenters. The van der Waals surface area contributed by atoms with Crippen molar-refractivity contribution in [3.8, 4) is 0 Å². The summed E-state index contributed by atoms with van der Waals surface area (Å²) in [7, 11) is 0. The topological polar surface area (TPSA) is 44.4 Å².